The number of carbonyl (C=O) groups is 2. The Balaban J connectivity index is 0.000000360. The van der Waals surface area contributed by atoms with Crippen molar-refractivity contribution in [1.82, 2.24) is 9.80 Å². The number of aryl methyl sites for hydroxylation is 1. The highest BCUT2D eigenvalue weighted by atomic mass is 32.1. The Labute approximate surface area is 189 Å². The summed E-state index contributed by atoms with van der Waals surface area (Å²) in [6.45, 7) is 9.83. The first-order valence-corrected chi connectivity index (χ1v) is 11.5. The number of fused-ring (bicyclic) bond motifs is 1. The Morgan fingerprint density at radius 2 is 1.84 bits per heavy atom. The predicted molar refractivity (Wildman–Crippen MR) is 111 cm³/mol. The minimum Gasteiger partial charge on any atom is -0.475 e. The van der Waals surface area contributed by atoms with Crippen LogP contribution >= 0.6 is 11.3 Å². The molecule has 3 aliphatic heterocycles. The molecule has 4 heterocycles. The number of carboxylic acid groups (broad SMARTS) is 1. The van der Waals surface area contributed by atoms with Crippen LogP contribution in [0.3, 0.4) is 0 Å². The van der Waals surface area contributed by atoms with Gasteiger partial charge in [-0.1, -0.05) is 0 Å². The summed E-state index contributed by atoms with van der Waals surface area (Å²) in [6.07, 6.45) is -4.45. The number of hydrogen-bond acceptors (Lipinski definition) is 6. The van der Waals surface area contributed by atoms with Crippen LogP contribution in [0.5, 0.6) is 0 Å². The van der Waals surface area contributed by atoms with Crippen LogP contribution < -0.4 is 0 Å². The molecule has 1 aromatic heterocycles. The van der Waals surface area contributed by atoms with Gasteiger partial charge in [0.15, 0.2) is 0 Å². The highest BCUT2D eigenvalue weighted by molar-refractivity contribution is 7.11. The van der Waals surface area contributed by atoms with E-state index in [1.807, 2.05) is 16.2 Å². The van der Waals surface area contributed by atoms with E-state index < -0.39 is 12.1 Å². The molecule has 0 saturated carbocycles. The molecule has 3 aliphatic rings. The summed E-state index contributed by atoms with van der Waals surface area (Å²) in [7, 11) is 0. The van der Waals surface area contributed by atoms with Gasteiger partial charge in [0.1, 0.15) is 0 Å². The summed E-state index contributed by atoms with van der Waals surface area (Å²) in [5, 5.41) is 7.12. The number of ether oxygens (including phenoxy) is 2. The van der Waals surface area contributed by atoms with E-state index in [0.717, 1.165) is 45.9 Å². The van der Waals surface area contributed by atoms with Gasteiger partial charge in [-0.15, -0.1) is 11.3 Å². The van der Waals surface area contributed by atoms with Crippen LogP contribution in [0.1, 0.15) is 16.2 Å². The zero-order chi connectivity index (χ0) is 23.3. The van der Waals surface area contributed by atoms with Crippen molar-refractivity contribution in [1.29, 1.82) is 0 Å². The van der Waals surface area contributed by atoms with Crippen molar-refractivity contribution in [3.63, 3.8) is 0 Å². The molecule has 7 nitrogen and oxygen atoms in total. The van der Waals surface area contributed by atoms with Gasteiger partial charge >= 0.3 is 12.1 Å². The Bertz CT molecular complexity index is 782. The molecule has 4 rings (SSSR count). The fraction of sp³-hybridized carbons (Fsp3) is 0.714. The summed E-state index contributed by atoms with van der Waals surface area (Å²) >= 11 is 1.89. The molecule has 0 aromatic carbocycles. The number of carbonyl (C=O) groups excluding carboxylic acids is 1. The number of halogens is 3. The molecule has 0 aliphatic carbocycles. The number of amides is 1. The second-order valence-corrected chi connectivity index (χ2v) is 9.80. The van der Waals surface area contributed by atoms with E-state index in [1.54, 1.807) is 0 Å². The van der Waals surface area contributed by atoms with Crippen LogP contribution in [0.25, 0.3) is 0 Å². The first-order valence-electron chi connectivity index (χ1n) is 10.6. The van der Waals surface area contributed by atoms with Gasteiger partial charge in [0, 0.05) is 48.9 Å². The smallest absolute Gasteiger partial charge is 0.475 e. The molecule has 0 spiro atoms. The second-order valence-electron chi connectivity index (χ2n) is 8.43. The number of likely N-dealkylation sites (tertiary alicyclic amines) is 1. The second kappa shape index (κ2) is 11.0. The molecular weight excluding hydrogens is 449 g/mol. The van der Waals surface area contributed by atoms with Crippen LogP contribution in [-0.2, 0) is 25.6 Å². The lowest BCUT2D eigenvalue weighted by atomic mass is 9.81. The normalized spacial score (nSPS) is 26.2. The third-order valence-electron chi connectivity index (χ3n) is 6.06. The quantitative estimate of drug-likeness (QED) is 0.717. The summed E-state index contributed by atoms with van der Waals surface area (Å²) in [6, 6.07) is 4.45. The van der Waals surface area contributed by atoms with Crippen LogP contribution in [-0.4, -0.2) is 85.6 Å². The van der Waals surface area contributed by atoms with E-state index in [4.69, 9.17) is 19.4 Å². The fourth-order valence-electron chi connectivity index (χ4n) is 4.49. The van der Waals surface area contributed by atoms with E-state index >= 15 is 0 Å². The summed E-state index contributed by atoms with van der Waals surface area (Å²) in [4.78, 5) is 28.9. The topological polar surface area (TPSA) is 79.3 Å². The maximum Gasteiger partial charge on any atom is 0.490 e. The van der Waals surface area contributed by atoms with Gasteiger partial charge in [-0.2, -0.15) is 13.2 Å². The minimum absolute atomic E-state index is 0.282. The number of aliphatic carboxylic acids is 1. The van der Waals surface area contributed by atoms with Gasteiger partial charge in [-0.05, 0) is 36.8 Å². The third-order valence-corrected chi connectivity index (χ3v) is 7.04. The van der Waals surface area contributed by atoms with Gasteiger partial charge < -0.3 is 19.5 Å². The molecule has 1 amide bonds. The van der Waals surface area contributed by atoms with E-state index in [1.165, 1.54) is 9.75 Å². The van der Waals surface area contributed by atoms with Crippen molar-refractivity contribution in [3.05, 3.63) is 21.9 Å². The van der Waals surface area contributed by atoms with Gasteiger partial charge in [0.25, 0.3) is 0 Å². The number of thiophene rings is 1. The number of nitrogens with zero attached hydrogens (tertiary/aromatic N) is 2. The molecule has 0 radical (unpaired) electrons. The number of alkyl halides is 3. The van der Waals surface area contributed by atoms with Gasteiger partial charge in [-0.3, -0.25) is 9.69 Å². The minimum atomic E-state index is -5.08. The highest BCUT2D eigenvalue weighted by Crippen LogP contribution is 2.37. The van der Waals surface area contributed by atoms with Crippen molar-refractivity contribution >= 4 is 23.2 Å². The van der Waals surface area contributed by atoms with Crippen molar-refractivity contribution in [2.24, 2.45) is 17.8 Å². The zero-order valence-electron chi connectivity index (χ0n) is 18.0. The fourth-order valence-corrected chi connectivity index (χ4v) is 5.42. The first kappa shape index (κ1) is 24.9. The molecule has 32 heavy (non-hydrogen) atoms. The summed E-state index contributed by atoms with van der Waals surface area (Å²) < 4.78 is 43.0. The summed E-state index contributed by atoms with van der Waals surface area (Å²) in [5.74, 6) is -0.932. The molecule has 180 valence electrons. The molecular formula is C21H29F3N2O5S. The molecule has 3 fully saturated rings. The number of carboxylic acids is 1. The molecule has 1 N–H and O–H groups in total. The van der Waals surface area contributed by atoms with Gasteiger partial charge in [0.05, 0.1) is 26.4 Å². The Morgan fingerprint density at radius 1 is 1.16 bits per heavy atom. The van der Waals surface area contributed by atoms with Crippen LogP contribution in [0.15, 0.2) is 12.1 Å². The van der Waals surface area contributed by atoms with E-state index in [9.17, 15) is 18.0 Å². The third kappa shape index (κ3) is 6.90. The van der Waals surface area contributed by atoms with Crippen molar-refractivity contribution in [2.75, 3.05) is 52.6 Å². The molecule has 3 saturated heterocycles. The van der Waals surface area contributed by atoms with E-state index in [2.05, 4.69) is 24.0 Å². The lowest BCUT2D eigenvalue weighted by Crippen LogP contribution is -2.44. The van der Waals surface area contributed by atoms with Crippen molar-refractivity contribution in [3.8, 4) is 0 Å². The van der Waals surface area contributed by atoms with Crippen molar-refractivity contribution in [2.45, 2.75) is 26.1 Å². The first-order chi connectivity index (χ1) is 15.1. The predicted octanol–water partition coefficient (Wildman–Crippen LogP) is 2.63. The Hall–Kier alpha value is -1.69. The van der Waals surface area contributed by atoms with E-state index in [0.29, 0.717) is 37.4 Å². The van der Waals surface area contributed by atoms with Gasteiger partial charge in [0.2, 0.25) is 5.91 Å². The monoisotopic (exact) mass is 478 g/mol. The Kier molecular flexibility index (Phi) is 8.54. The van der Waals surface area contributed by atoms with Crippen LogP contribution in [0, 0.1) is 24.7 Å². The lowest BCUT2D eigenvalue weighted by molar-refractivity contribution is -0.192. The van der Waals surface area contributed by atoms with Crippen LogP contribution in [0.4, 0.5) is 13.2 Å². The van der Waals surface area contributed by atoms with Crippen molar-refractivity contribution < 1.29 is 37.3 Å². The average Bonchev–Trinajstić information content (AvgIpc) is 3.34. The van der Waals surface area contributed by atoms with E-state index in [-0.39, 0.29) is 5.91 Å². The molecule has 11 heteroatoms. The highest BCUT2D eigenvalue weighted by Gasteiger charge is 2.42. The Morgan fingerprint density at radius 3 is 2.44 bits per heavy atom. The standard InChI is InChI=1S/C19H28N2O3S.C2HF3O2/c1-14-2-3-17(25-14)10-20-9-16-13-24-12-15(18(16)11-20)8-19(22)21-4-6-23-7-5-21;3-2(4,5)1(6)7/h2-3,15-16,18H,4-13H2,1H3;(H,6,7)/t15-,16-,18+;/m1./s1. The maximum atomic E-state index is 12.6. The maximum absolute atomic E-state index is 12.6. The number of rotatable bonds is 4. The zero-order valence-corrected chi connectivity index (χ0v) is 18.8. The lowest BCUT2D eigenvalue weighted by Gasteiger charge is -2.35. The summed E-state index contributed by atoms with van der Waals surface area (Å²) in [5.41, 5.74) is 0. The van der Waals surface area contributed by atoms with Crippen LogP contribution in [0.2, 0.25) is 0 Å². The molecule has 1 aromatic rings. The molecule has 0 bridgehead atoms. The average molecular weight is 479 g/mol. The molecule has 0 unspecified atom stereocenters. The SMILES string of the molecule is Cc1ccc(CN2C[C@@H]3COC[C@@H](CC(=O)N4CCOCC4)[C@@H]3C2)s1.O=C(O)C(F)(F)F. The number of hydrogen-bond donors (Lipinski definition) is 1. The number of morpholine rings is 1. The largest absolute Gasteiger partial charge is 0.490 e. The molecule has 3 atom stereocenters. The van der Waals surface area contributed by atoms with Gasteiger partial charge in [-0.25, -0.2) is 4.79 Å².